The number of hydrogen-bond acceptors (Lipinski definition) is 1. The van der Waals surface area contributed by atoms with Gasteiger partial charge in [0.15, 0.2) is 6.04 Å². The van der Waals surface area contributed by atoms with Gasteiger partial charge in [0, 0.05) is 26.3 Å². The fraction of sp³-hybridized carbons (Fsp3) is 0.625. The number of allylic oxidation sites excluding steroid dienone is 1. The molecule has 0 aliphatic heterocycles. The standard InChI is InChI=1S/C8H16NO/c1-6(2)8(5)9(10)7(3)4/h7,10H,1H2,2-5H3/q+1/b9-8-. The van der Waals surface area contributed by atoms with Crippen molar-refractivity contribution >= 4 is 5.71 Å². The van der Waals surface area contributed by atoms with Crippen molar-refractivity contribution in [3.05, 3.63) is 12.2 Å². The monoisotopic (exact) mass is 142 g/mol. The van der Waals surface area contributed by atoms with E-state index in [4.69, 9.17) is 0 Å². The topological polar surface area (TPSA) is 23.2 Å². The average Bonchev–Trinajstić information content (AvgIpc) is 1.84. The van der Waals surface area contributed by atoms with Crippen LogP contribution in [0.3, 0.4) is 0 Å². The third-order valence-electron chi connectivity index (χ3n) is 1.45. The maximum atomic E-state index is 9.30. The van der Waals surface area contributed by atoms with E-state index in [1.54, 1.807) is 0 Å². The predicted molar refractivity (Wildman–Crippen MR) is 42.7 cm³/mol. The van der Waals surface area contributed by atoms with Crippen molar-refractivity contribution in [3.63, 3.8) is 0 Å². The van der Waals surface area contributed by atoms with E-state index in [9.17, 15) is 5.21 Å². The van der Waals surface area contributed by atoms with Gasteiger partial charge in [0.05, 0.1) is 0 Å². The van der Waals surface area contributed by atoms with E-state index in [1.165, 1.54) is 4.74 Å². The normalized spacial score (nSPS) is 13.3. The zero-order chi connectivity index (χ0) is 8.31. The Morgan fingerprint density at radius 1 is 1.40 bits per heavy atom. The summed E-state index contributed by atoms with van der Waals surface area (Å²) in [6.45, 7) is 11.3. The van der Waals surface area contributed by atoms with E-state index in [0.29, 0.717) is 0 Å². The summed E-state index contributed by atoms with van der Waals surface area (Å²) in [6.07, 6.45) is 0. The van der Waals surface area contributed by atoms with Gasteiger partial charge in [-0.15, -0.1) is 0 Å². The summed E-state index contributed by atoms with van der Waals surface area (Å²) in [6, 6.07) is 0.122. The van der Waals surface area contributed by atoms with E-state index >= 15 is 0 Å². The van der Waals surface area contributed by atoms with Crippen LogP contribution in [0, 0.1) is 0 Å². The van der Waals surface area contributed by atoms with Gasteiger partial charge in [-0.25, -0.2) is 0 Å². The molecule has 0 fully saturated rings. The molecule has 0 aromatic rings. The van der Waals surface area contributed by atoms with Gasteiger partial charge in [-0.2, -0.15) is 0 Å². The third kappa shape index (κ3) is 2.21. The van der Waals surface area contributed by atoms with Crippen molar-refractivity contribution < 1.29 is 9.95 Å². The lowest BCUT2D eigenvalue weighted by atomic mass is 10.2. The Bertz CT molecular complexity index is 168. The minimum atomic E-state index is 0.122. The second-order valence-electron chi connectivity index (χ2n) is 2.80. The van der Waals surface area contributed by atoms with Crippen molar-refractivity contribution in [1.82, 2.24) is 0 Å². The Balaban J connectivity index is 4.50. The summed E-state index contributed by atoms with van der Waals surface area (Å²) in [5.41, 5.74) is 1.73. The molecule has 10 heavy (non-hydrogen) atoms. The van der Waals surface area contributed by atoms with Gasteiger partial charge in [-0.05, 0) is 11.7 Å². The highest BCUT2D eigenvalue weighted by molar-refractivity contribution is 5.92. The van der Waals surface area contributed by atoms with Crippen LogP contribution in [0.1, 0.15) is 27.7 Å². The largest absolute Gasteiger partial charge is 0.290 e. The number of rotatable bonds is 2. The van der Waals surface area contributed by atoms with Crippen LogP contribution in [0.15, 0.2) is 12.2 Å². The molecule has 0 aromatic carbocycles. The average molecular weight is 142 g/mol. The number of hydrogen-bond donors (Lipinski definition) is 1. The van der Waals surface area contributed by atoms with Gasteiger partial charge in [0.25, 0.3) is 0 Å². The molecule has 58 valence electrons. The van der Waals surface area contributed by atoms with E-state index in [-0.39, 0.29) is 6.04 Å². The van der Waals surface area contributed by atoms with Gasteiger partial charge in [0.1, 0.15) is 0 Å². The van der Waals surface area contributed by atoms with E-state index in [0.717, 1.165) is 11.3 Å². The Kier molecular flexibility index (Phi) is 3.13. The lowest BCUT2D eigenvalue weighted by molar-refractivity contribution is -0.795. The fourth-order valence-electron chi connectivity index (χ4n) is 0.583. The maximum absolute atomic E-state index is 9.30. The summed E-state index contributed by atoms with van der Waals surface area (Å²) < 4.78 is 1.22. The van der Waals surface area contributed by atoms with E-state index in [1.807, 2.05) is 27.7 Å². The lowest BCUT2D eigenvalue weighted by Gasteiger charge is -1.99. The smallest absolute Gasteiger partial charge is 0.226 e. The first-order valence-corrected chi connectivity index (χ1v) is 3.44. The molecule has 0 spiro atoms. The Labute approximate surface area is 62.5 Å². The van der Waals surface area contributed by atoms with Crippen LogP contribution in [0.5, 0.6) is 0 Å². The summed E-state index contributed by atoms with van der Waals surface area (Å²) in [4.78, 5) is 0. The maximum Gasteiger partial charge on any atom is 0.226 e. The zero-order valence-corrected chi connectivity index (χ0v) is 7.18. The molecule has 0 bridgehead atoms. The van der Waals surface area contributed by atoms with E-state index < -0.39 is 0 Å². The Hall–Kier alpha value is -0.790. The SMILES string of the molecule is C=C(C)/C(C)=[N+](\O)C(C)C. The molecular weight excluding hydrogens is 126 g/mol. The molecule has 0 aromatic heterocycles. The van der Waals surface area contributed by atoms with Crippen LogP contribution >= 0.6 is 0 Å². The summed E-state index contributed by atoms with van der Waals surface area (Å²) in [7, 11) is 0. The molecule has 0 atom stereocenters. The molecule has 2 heteroatoms. The molecule has 0 radical (unpaired) electrons. The number of hydroxylamine groups is 1. The first kappa shape index (κ1) is 9.21. The van der Waals surface area contributed by atoms with Crippen LogP contribution in [0.2, 0.25) is 0 Å². The van der Waals surface area contributed by atoms with Crippen molar-refractivity contribution in [2.75, 3.05) is 0 Å². The highest BCUT2D eigenvalue weighted by Gasteiger charge is 2.12. The molecule has 0 aliphatic carbocycles. The molecule has 1 N–H and O–H groups in total. The molecule has 0 saturated carbocycles. The van der Waals surface area contributed by atoms with Crippen LogP contribution in [-0.4, -0.2) is 21.7 Å². The quantitative estimate of drug-likeness (QED) is 0.270. The summed E-state index contributed by atoms with van der Waals surface area (Å²) in [5, 5.41) is 9.30. The summed E-state index contributed by atoms with van der Waals surface area (Å²) in [5.74, 6) is 0. The first-order chi connectivity index (χ1) is 4.46. The molecule has 2 nitrogen and oxygen atoms in total. The molecule has 0 saturated heterocycles. The molecule has 0 heterocycles. The second kappa shape index (κ2) is 3.40. The zero-order valence-electron chi connectivity index (χ0n) is 7.18. The Morgan fingerprint density at radius 2 is 1.80 bits per heavy atom. The minimum absolute atomic E-state index is 0.122. The van der Waals surface area contributed by atoms with Gasteiger partial charge < -0.3 is 0 Å². The molecule has 0 rings (SSSR count). The predicted octanol–water partition coefficient (Wildman–Crippen LogP) is 1.83. The second-order valence-corrected chi connectivity index (χ2v) is 2.80. The van der Waals surface area contributed by atoms with Crippen LogP contribution in [0.4, 0.5) is 0 Å². The third-order valence-corrected chi connectivity index (χ3v) is 1.45. The molecule has 0 amide bonds. The molecule has 0 aliphatic rings. The highest BCUT2D eigenvalue weighted by atomic mass is 16.5. The highest BCUT2D eigenvalue weighted by Crippen LogP contribution is 1.94. The van der Waals surface area contributed by atoms with Crippen molar-refractivity contribution in [3.8, 4) is 0 Å². The van der Waals surface area contributed by atoms with Crippen LogP contribution in [0.25, 0.3) is 0 Å². The minimum Gasteiger partial charge on any atom is -0.290 e. The van der Waals surface area contributed by atoms with E-state index in [2.05, 4.69) is 6.58 Å². The Morgan fingerprint density at radius 3 is 1.90 bits per heavy atom. The van der Waals surface area contributed by atoms with Gasteiger partial charge >= 0.3 is 0 Å². The first-order valence-electron chi connectivity index (χ1n) is 3.44. The van der Waals surface area contributed by atoms with Gasteiger partial charge in [-0.3, -0.25) is 5.21 Å². The summed E-state index contributed by atoms with van der Waals surface area (Å²) >= 11 is 0. The molecular formula is C8H16NO+. The van der Waals surface area contributed by atoms with Crippen molar-refractivity contribution in [2.45, 2.75) is 33.7 Å². The molecule has 0 unspecified atom stereocenters. The van der Waals surface area contributed by atoms with Gasteiger partial charge in [0.2, 0.25) is 5.71 Å². The van der Waals surface area contributed by atoms with Crippen molar-refractivity contribution in [1.29, 1.82) is 0 Å². The van der Waals surface area contributed by atoms with Gasteiger partial charge in [-0.1, -0.05) is 6.58 Å². The lowest BCUT2D eigenvalue weighted by Crippen LogP contribution is -2.23. The number of nitrogens with zero attached hydrogens (tertiary/aromatic N) is 1. The fourth-order valence-corrected chi connectivity index (χ4v) is 0.583. The van der Waals surface area contributed by atoms with Crippen LogP contribution in [-0.2, 0) is 0 Å². The van der Waals surface area contributed by atoms with Crippen LogP contribution < -0.4 is 0 Å². The van der Waals surface area contributed by atoms with Crippen molar-refractivity contribution in [2.24, 2.45) is 0 Å².